The number of aromatic nitrogens is 1. The van der Waals surface area contributed by atoms with Crippen molar-refractivity contribution < 1.29 is 9.59 Å². The summed E-state index contributed by atoms with van der Waals surface area (Å²) in [6.07, 6.45) is 3.62. The number of rotatable bonds is 3. The zero-order valence-electron chi connectivity index (χ0n) is 12.9. The minimum Gasteiger partial charge on any atom is -0.343 e. The van der Waals surface area contributed by atoms with Gasteiger partial charge in [0, 0.05) is 29.2 Å². The molecule has 1 aromatic heterocycles. The minimum atomic E-state index is -0.278. The third-order valence-electron chi connectivity index (χ3n) is 4.22. The van der Waals surface area contributed by atoms with Crippen LogP contribution in [-0.4, -0.2) is 40.8 Å². The van der Waals surface area contributed by atoms with E-state index in [1.807, 2.05) is 11.8 Å². The second kappa shape index (κ2) is 6.54. The smallest absolute Gasteiger partial charge is 0.252 e. The van der Waals surface area contributed by atoms with Crippen LogP contribution in [0.1, 0.15) is 30.1 Å². The Kier molecular flexibility index (Phi) is 4.48. The van der Waals surface area contributed by atoms with Gasteiger partial charge in [0.2, 0.25) is 5.91 Å². The summed E-state index contributed by atoms with van der Waals surface area (Å²) in [4.78, 5) is 30.6. The number of nitrogens with zero attached hydrogens (tertiary/aromatic N) is 2. The lowest BCUT2D eigenvalue weighted by molar-refractivity contribution is -0.130. The van der Waals surface area contributed by atoms with Gasteiger partial charge in [0.1, 0.15) is 0 Å². The number of pyridine rings is 1. The molecule has 120 valence electrons. The zero-order valence-corrected chi connectivity index (χ0v) is 13.6. The van der Waals surface area contributed by atoms with Crippen molar-refractivity contribution in [3.63, 3.8) is 0 Å². The monoisotopic (exact) mass is 331 g/mol. The first-order valence-corrected chi connectivity index (χ1v) is 8.06. The molecule has 23 heavy (non-hydrogen) atoms. The van der Waals surface area contributed by atoms with Gasteiger partial charge in [-0.05, 0) is 38.0 Å². The summed E-state index contributed by atoms with van der Waals surface area (Å²) < 4.78 is 0. The molecule has 1 atom stereocenters. The van der Waals surface area contributed by atoms with Gasteiger partial charge in [-0.15, -0.1) is 0 Å². The molecule has 2 heterocycles. The number of carbonyl (C=O) groups is 2. The molecule has 1 saturated heterocycles. The van der Waals surface area contributed by atoms with E-state index in [2.05, 4.69) is 10.3 Å². The van der Waals surface area contributed by atoms with Crippen LogP contribution in [0.25, 0.3) is 10.9 Å². The van der Waals surface area contributed by atoms with E-state index in [1.165, 1.54) is 0 Å². The van der Waals surface area contributed by atoms with Crippen molar-refractivity contribution in [1.29, 1.82) is 0 Å². The molecule has 1 aromatic carbocycles. The lowest BCUT2D eigenvalue weighted by atomic mass is 10.1. The molecule has 0 bridgehead atoms. The molecule has 3 rings (SSSR count). The molecule has 0 radical (unpaired) electrons. The largest absolute Gasteiger partial charge is 0.343 e. The summed E-state index contributed by atoms with van der Waals surface area (Å²) in [6.45, 7) is 2.82. The number of halogens is 1. The van der Waals surface area contributed by atoms with Crippen LogP contribution in [0, 0.1) is 0 Å². The van der Waals surface area contributed by atoms with E-state index in [1.54, 1.807) is 30.5 Å². The van der Waals surface area contributed by atoms with Crippen LogP contribution in [0.3, 0.4) is 0 Å². The number of amides is 2. The normalized spacial score (nSPS) is 17.5. The Labute approximate surface area is 139 Å². The van der Waals surface area contributed by atoms with Crippen molar-refractivity contribution in [2.24, 2.45) is 0 Å². The van der Waals surface area contributed by atoms with Gasteiger partial charge in [0.05, 0.1) is 17.6 Å². The topological polar surface area (TPSA) is 62.3 Å². The lowest BCUT2D eigenvalue weighted by Gasteiger charge is -2.21. The van der Waals surface area contributed by atoms with Crippen LogP contribution in [0.5, 0.6) is 0 Å². The lowest BCUT2D eigenvalue weighted by Crippen LogP contribution is -2.41. The van der Waals surface area contributed by atoms with Crippen molar-refractivity contribution in [2.45, 2.75) is 25.8 Å². The predicted molar refractivity (Wildman–Crippen MR) is 89.5 cm³/mol. The van der Waals surface area contributed by atoms with E-state index in [4.69, 9.17) is 11.6 Å². The predicted octanol–water partition coefficient (Wildman–Crippen LogP) is 2.63. The molecule has 5 nitrogen and oxygen atoms in total. The first-order chi connectivity index (χ1) is 11.1. The molecule has 1 N–H and O–H groups in total. The van der Waals surface area contributed by atoms with Crippen LogP contribution in [0.2, 0.25) is 5.02 Å². The van der Waals surface area contributed by atoms with Crippen molar-refractivity contribution in [3.8, 4) is 0 Å². The SMILES string of the molecule is C[C@@H]1CCCN1C(=O)CNC(=O)c1ccnc2cc(Cl)ccc12. The van der Waals surface area contributed by atoms with E-state index >= 15 is 0 Å². The number of hydrogen-bond acceptors (Lipinski definition) is 3. The van der Waals surface area contributed by atoms with E-state index in [0.29, 0.717) is 16.1 Å². The fourth-order valence-electron chi connectivity index (χ4n) is 2.98. The van der Waals surface area contributed by atoms with Crippen molar-refractivity contribution in [1.82, 2.24) is 15.2 Å². The molecular weight excluding hydrogens is 314 g/mol. The zero-order chi connectivity index (χ0) is 16.4. The molecule has 2 aromatic rings. The summed E-state index contributed by atoms with van der Waals surface area (Å²) in [6, 6.07) is 7.10. The molecule has 0 spiro atoms. The van der Waals surface area contributed by atoms with E-state index in [-0.39, 0.29) is 24.4 Å². The average Bonchev–Trinajstić information content (AvgIpc) is 2.97. The Morgan fingerprint density at radius 1 is 1.39 bits per heavy atom. The first kappa shape index (κ1) is 15.7. The van der Waals surface area contributed by atoms with Crippen molar-refractivity contribution in [3.05, 3.63) is 41.0 Å². The first-order valence-electron chi connectivity index (χ1n) is 7.68. The molecule has 0 unspecified atom stereocenters. The minimum absolute atomic E-state index is 0.0145. The van der Waals surface area contributed by atoms with Crippen LogP contribution < -0.4 is 5.32 Å². The van der Waals surface area contributed by atoms with Gasteiger partial charge in [0.15, 0.2) is 0 Å². The Morgan fingerprint density at radius 2 is 2.22 bits per heavy atom. The number of hydrogen-bond donors (Lipinski definition) is 1. The summed E-state index contributed by atoms with van der Waals surface area (Å²) in [5, 5.41) is 4.00. The maximum Gasteiger partial charge on any atom is 0.252 e. The van der Waals surface area contributed by atoms with Crippen LogP contribution in [0.4, 0.5) is 0 Å². The molecule has 1 aliphatic heterocycles. The van der Waals surface area contributed by atoms with Crippen molar-refractivity contribution in [2.75, 3.05) is 13.1 Å². The number of likely N-dealkylation sites (tertiary alicyclic amines) is 1. The van der Waals surface area contributed by atoms with Gasteiger partial charge >= 0.3 is 0 Å². The quantitative estimate of drug-likeness (QED) is 0.940. The molecule has 1 aliphatic rings. The van der Waals surface area contributed by atoms with Gasteiger partial charge in [-0.25, -0.2) is 0 Å². The maximum absolute atomic E-state index is 12.4. The molecule has 1 fully saturated rings. The van der Waals surface area contributed by atoms with Crippen LogP contribution in [0.15, 0.2) is 30.5 Å². The van der Waals surface area contributed by atoms with Crippen molar-refractivity contribution >= 4 is 34.3 Å². The van der Waals surface area contributed by atoms with Crippen LogP contribution in [-0.2, 0) is 4.79 Å². The molecule has 0 saturated carbocycles. The third kappa shape index (κ3) is 3.29. The summed E-state index contributed by atoms with van der Waals surface area (Å²) in [5.74, 6) is -0.315. The van der Waals surface area contributed by atoms with E-state index in [9.17, 15) is 9.59 Å². The Balaban J connectivity index is 1.72. The van der Waals surface area contributed by atoms with E-state index < -0.39 is 0 Å². The highest BCUT2D eigenvalue weighted by Gasteiger charge is 2.25. The number of carbonyl (C=O) groups excluding carboxylic acids is 2. The van der Waals surface area contributed by atoms with E-state index in [0.717, 1.165) is 24.8 Å². The maximum atomic E-state index is 12.4. The van der Waals surface area contributed by atoms with Gasteiger partial charge < -0.3 is 10.2 Å². The van der Waals surface area contributed by atoms with Gasteiger partial charge in [-0.3, -0.25) is 14.6 Å². The van der Waals surface area contributed by atoms with Gasteiger partial charge in [0.25, 0.3) is 5.91 Å². The molecule has 0 aliphatic carbocycles. The second-order valence-corrected chi connectivity index (χ2v) is 6.22. The number of benzene rings is 1. The summed E-state index contributed by atoms with van der Waals surface area (Å²) >= 11 is 5.95. The van der Waals surface area contributed by atoms with Gasteiger partial charge in [-0.1, -0.05) is 17.7 Å². The highest BCUT2D eigenvalue weighted by atomic mass is 35.5. The highest BCUT2D eigenvalue weighted by Crippen LogP contribution is 2.21. The number of fused-ring (bicyclic) bond motifs is 1. The molecule has 2 amide bonds. The fourth-order valence-corrected chi connectivity index (χ4v) is 3.14. The number of nitrogens with one attached hydrogen (secondary N) is 1. The Bertz CT molecular complexity index is 763. The molecular formula is C17H18ClN3O2. The average molecular weight is 332 g/mol. The summed E-state index contributed by atoms with van der Waals surface area (Å²) in [7, 11) is 0. The van der Waals surface area contributed by atoms with Gasteiger partial charge in [-0.2, -0.15) is 0 Å². The Morgan fingerprint density at radius 3 is 2.96 bits per heavy atom. The standard InChI is InChI=1S/C17H18ClN3O2/c1-11-3-2-8-21(11)16(22)10-20-17(23)14-6-7-19-15-9-12(18)4-5-13(14)15/h4-7,9,11H,2-3,8,10H2,1H3,(H,20,23)/t11-/m1/s1. The Hall–Kier alpha value is -2.14. The molecule has 6 heteroatoms. The highest BCUT2D eigenvalue weighted by molar-refractivity contribution is 6.31. The second-order valence-electron chi connectivity index (χ2n) is 5.78. The van der Waals surface area contributed by atoms with Crippen LogP contribution >= 0.6 is 11.6 Å². The summed E-state index contributed by atoms with van der Waals surface area (Å²) in [5.41, 5.74) is 1.15. The fraction of sp³-hybridized carbons (Fsp3) is 0.353. The third-order valence-corrected chi connectivity index (χ3v) is 4.46.